The topological polar surface area (TPSA) is 89.0 Å². The smallest absolute Gasteiger partial charge is 0.257 e. The van der Waals surface area contributed by atoms with Crippen LogP contribution in [0.3, 0.4) is 0 Å². The predicted octanol–water partition coefficient (Wildman–Crippen LogP) is 2.18. The molecule has 0 aliphatic heterocycles. The van der Waals surface area contributed by atoms with Crippen molar-refractivity contribution in [3.8, 4) is 0 Å². The lowest BCUT2D eigenvalue weighted by molar-refractivity contribution is -0.114. The van der Waals surface area contributed by atoms with Crippen LogP contribution in [0.25, 0.3) is 5.57 Å². The first kappa shape index (κ1) is 17.1. The van der Waals surface area contributed by atoms with E-state index in [9.17, 15) is 13.2 Å². The minimum absolute atomic E-state index is 0.270. The Morgan fingerprint density at radius 2 is 1.96 bits per heavy atom. The average molecular weight is 352 g/mol. The molecule has 0 spiro atoms. The van der Waals surface area contributed by atoms with Crippen molar-refractivity contribution < 1.29 is 13.2 Å². The molecular weight excluding hydrogens is 338 g/mol. The highest BCUT2D eigenvalue weighted by atomic mass is 35.5. The molecule has 8 heteroatoms. The molecule has 2 aromatic heterocycles. The summed E-state index contributed by atoms with van der Waals surface area (Å²) >= 11 is 5.64. The lowest BCUT2D eigenvalue weighted by Crippen LogP contribution is -2.30. The van der Waals surface area contributed by atoms with Gasteiger partial charge in [0.15, 0.2) is 0 Å². The van der Waals surface area contributed by atoms with E-state index >= 15 is 0 Å². The van der Waals surface area contributed by atoms with Crippen LogP contribution in [0.5, 0.6) is 0 Å². The van der Waals surface area contributed by atoms with Gasteiger partial charge in [0.1, 0.15) is 5.15 Å². The molecular formula is C15H14ClN3O3S. The van der Waals surface area contributed by atoms with E-state index in [1.807, 2.05) is 4.72 Å². The fourth-order valence-corrected chi connectivity index (χ4v) is 2.98. The van der Waals surface area contributed by atoms with Crippen LogP contribution in [0.2, 0.25) is 5.15 Å². The lowest BCUT2D eigenvalue weighted by Gasteiger charge is -2.06. The fourth-order valence-electron chi connectivity index (χ4n) is 1.82. The van der Waals surface area contributed by atoms with Crippen LogP contribution in [0, 0.1) is 0 Å². The maximum atomic E-state index is 12.0. The average Bonchev–Trinajstić information content (AvgIpc) is 2.49. The van der Waals surface area contributed by atoms with E-state index in [0.29, 0.717) is 11.1 Å². The molecule has 0 radical (unpaired) electrons. The number of carbonyl (C=O) groups excluding carboxylic acids is 1. The van der Waals surface area contributed by atoms with Gasteiger partial charge in [-0.05, 0) is 41.8 Å². The predicted molar refractivity (Wildman–Crippen MR) is 87.9 cm³/mol. The highest BCUT2D eigenvalue weighted by Crippen LogP contribution is 2.12. The van der Waals surface area contributed by atoms with Crippen molar-refractivity contribution in [2.75, 3.05) is 0 Å². The first-order chi connectivity index (χ1) is 10.9. The third kappa shape index (κ3) is 5.46. The molecule has 6 nitrogen and oxygen atoms in total. The van der Waals surface area contributed by atoms with Crippen molar-refractivity contribution in [2.45, 2.75) is 12.7 Å². The molecule has 0 bridgehead atoms. The summed E-state index contributed by atoms with van der Waals surface area (Å²) in [5.41, 5.74) is 1.85. The summed E-state index contributed by atoms with van der Waals surface area (Å²) in [6.07, 6.45) is 5.76. The van der Waals surface area contributed by atoms with Crippen molar-refractivity contribution in [1.82, 2.24) is 14.7 Å². The number of aromatic nitrogens is 2. The van der Waals surface area contributed by atoms with Crippen LogP contribution in [0.15, 0.2) is 48.9 Å². The van der Waals surface area contributed by atoms with Crippen molar-refractivity contribution in [1.29, 1.82) is 0 Å². The van der Waals surface area contributed by atoms with Crippen LogP contribution in [-0.4, -0.2) is 24.3 Å². The maximum Gasteiger partial charge on any atom is 0.257 e. The zero-order chi connectivity index (χ0) is 16.9. The maximum absolute atomic E-state index is 12.0. The summed E-state index contributed by atoms with van der Waals surface area (Å²) in [4.78, 5) is 19.5. The zero-order valence-electron chi connectivity index (χ0n) is 12.2. The van der Waals surface area contributed by atoms with E-state index in [0.717, 1.165) is 5.56 Å². The summed E-state index contributed by atoms with van der Waals surface area (Å²) in [6.45, 7) is 1.71. The van der Waals surface area contributed by atoms with Gasteiger partial charge in [-0.15, -0.1) is 0 Å². The number of carbonyl (C=O) groups is 1. The van der Waals surface area contributed by atoms with Crippen molar-refractivity contribution in [2.24, 2.45) is 0 Å². The van der Waals surface area contributed by atoms with Gasteiger partial charge >= 0.3 is 0 Å². The molecule has 2 aromatic rings. The van der Waals surface area contributed by atoms with Crippen LogP contribution >= 0.6 is 11.6 Å². The molecule has 2 heterocycles. The first-order valence-electron chi connectivity index (χ1n) is 6.59. The highest BCUT2D eigenvalue weighted by Gasteiger charge is 2.14. The van der Waals surface area contributed by atoms with Crippen LogP contribution in [-0.2, 0) is 20.6 Å². The second-order valence-corrected chi connectivity index (χ2v) is 6.89. The number of nitrogens with one attached hydrogen (secondary N) is 1. The van der Waals surface area contributed by atoms with Gasteiger partial charge in [0.25, 0.3) is 5.91 Å². The number of halogens is 1. The molecule has 0 fully saturated rings. The zero-order valence-corrected chi connectivity index (χ0v) is 13.8. The number of sulfonamides is 1. The largest absolute Gasteiger partial charge is 0.269 e. The van der Waals surface area contributed by atoms with E-state index in [1.54, 1.807) is 31.5 Å². The standard InChI is InChI=1S/C15H14ClN3O3S/c1-11(13-4-6-17-7-5-13)8-15(20)19-23(21,22)10-12-2-3-14(16)18-9-12/h2-9H,10H2,1H3,(H,19,20)/b11-8-. The number of hydrogen-bond acceptors (Lipinski definition) is 5. The van der Waals surface area contributed by atoms with Crippen molar-refractivity contribution in [3.05, 3.63) is 65.2 Å². The Morgan fingerprint density at radius 1 is 1.26 bits per heavy atom. The molecule has 23 heavy (non-hydrogen) atoms. The van der Waals surface area contributed by atoms with Gasteiger partial charge in [0.05, 0.1) is 5.75 Å². The number of allylic oxidation sites excluding steroid dienone is 1. The van der Waals surface area contributed by atoms with E-state index in [-0.39, 0.29) is 10.9 Å². The third-order valence-electron chi connectivity index (χ3n) is 2.88. The second-order valence-electron chi connectivity index (χ2n) is 4.78. The molecule has 2 rings (SSSR count). The van der Waals surface area contributed by atoms with E-state index in [2.05, 4.69) is 9.97 Å². The van der Waals surface area contributed by atoms with Gasteiger partial charge in [-0.2, -0.15) is 0 Å². The number of nitrogens with zero attached hydrogens (tertiary/aromatic N) is 2. The van der Waals surface area contributed by atoms with Gasteiger partial charge in [0.2, 0.25) is 10.0 Å². The normalized spacial score (nSPS) is 12.0. The number of hydrogen-bond donors (Lipinski definition) is 1. The molecule has 1 N–H and O–H groups in total. The van der Waals surface area contributed by atoms with Crippen molar-refractivity contribution in [3.63, 3.8) is 0 Å². The molecule has 0 saturated heterocycles. The summed E-state index contributed by atoms with van der Waals surface area (Å²) in [5.74, 6) is -1.06. The Hall–Kier alpha value is -2.25. The van der Waals surface area contributed by atoms with Crippen LogP contribution in [0.4, 0.5) is 0 Å². The number of pyridine rings is 2. The minimum atomic E-state index is -3.81. The second kappa shape index (κ2) is 7.34. The third-order valence-corrected chi connectivity index (χ3v) is 4.33. The molecule has 120 valence electrons. The molecule has 1 amide bonds. The van der Waals surface area contributed by atoms with E-state index in [1.165, 1.54) is 24.4 Å². The first-order valence-corrected chi connectivity index (χ1v) is 8.62. The summed E-state index contributed by atoms with van der Waals surface area (Å²) in [5, 5.41) is 0.270. The lowest BCUT2D eigenvalue weighted by atomic mass is 10.1. The Kier molecular flexibility index (Phi) is 5.46. The fraction of sp³-hybridized carbons (Fsp3) is 0.133. The van der Waals surface area contributed by atoms with E-state index in [4.69, 9.17) is 11.6 Å². The van der Waals surface area contributed by atoms with Crippen molar-refractivity contribution >= 4 is 33.1 Å². The quantitative estimate of drug-likeness (QED) is 0.658. The Balaban J connectivity index is 2.05. The summed E-state index contributed by atoms with van der Waals surface area (Å²) in [7, 11) is -3.81. The Labute approximate surface area is 139 Å². The Bertz CT molecular complexity index is 819. The van der Waals surface area contributed by atoms with Gasteiger partial charge in [-0.25, -0.2) is 18.1 Å². The highest BCUT2D eigenvalue weighted by molar-refractivity contribution is 7.89. The molecule has 0 aromatic carbocycles. The summed E-state index contributed by atoms with van der Waals surface area (Å²) < 4.78 is 26.0. The summed E-state index contributed by atoms with van der Waals surface area (Å²) in [6, 6.07) is 6.48. The van der Waals surface area contributed by atoms with Gasteiger partial charge in [0, 0.05) is 24.7 Å². The van der Waals surface area contributed by atoms with Gasteiger partial charge < -0.3 is 0 Å². The van der Waals surface area contributed by atoms with Gasteiger partial charge in [-0.1, -0.05) is 17.7 Å². The number of amides is 1. The molecule has 0 atom stereocenters. The monoisotopic (exact) mass is 351 g/mol. The van der Waals surface area contributed by atoms with Gasteiger partial charge in [-0.3, -0.25) is 9.78 Å². The van der Waals surface area contributed by atoms with Crippen LogP contribution < -0.4 is 4.72 Å². The number of rotatable bonds is 5. The molecule has 0 aliphatic carbocycles. The van der Waals surface area contributed by atoms with E-state index < -0.39 is 15.9 Å². The Morgan fingerprint density at radius 3 is 2.57 bits per heavy atom. The SMILES string of the molecule is C/C(=C/C(=O)NS(=O)(=O)Cc1ccc(Cl)nc1)c1ccncc1. The minimum Gasteiger partial charge on any atom is -0.269 e. The van der Waals surface area contributed by atoms with Crippen LogP contribution in [0.1, 0.15) is 18.1 Å². The molecule has 0 saturated carbocycles. The molecule has 0 unspecified atom stereocenters. The molecule has 0 aliphatic rings.